The molecule has 0 aliphatic carbocycles. The van der Waals surface area contributed by atoms with Crippen LogP contribution in [0, 0.1) is 13.8 Å². The van der Waals surface area contributed by atoms with E-state index in [0.717, 1.165) is 17.3 Å². The second-order valence-electron chi connectivity index (χ2n) is 3.65. The monoisotopic (exact) mass is 243 g/mol. The molecular formula is C11H17NO3S. The number of thioether (sulfide) groups is 1. The molecule has 1 aromatic heterocycles. The fourth-order valence-corrected chi connectivity index (χ4v) is 2.00. The minimum absolute atomic E-state index is 0.181. The molecule has 4 nitrogen and oxygen atoms in total. The Morgan fingerprint density at radius 2 is 2.25 bits per heavy atom. The third-order valence-corrected chi connectivity index (χ3v) is 3.40. The third-order valence-electron chi connectivity index (χ3n) is 2.25. The van der Waals surface area contributed by atoms with Crippen LogP contribution in [-0.4, -0.2) is 23.3 Å². The van der Waals surface area contributed by atoms with Crippen molar-refractivity contribution in [3.8, 4) is 0 Å². The largest absolute Gasteiger partial charge is 0.469 e. The minimum atomic E-state index is -0.181. The molecule has 0 N–H and O–H groups in total. The van der Waals surface area contributed by atoms with Gasteiger partial charge in [-0.1, -0.05) is 6.92 Å². The summed E-state index contributed by atoms with van der Waals surface area (Å²) >= 11 is 1.64. The van der Waals surface area contributed by atoms with E-state index >= 15 is 0 Å². The summed E-state index contributed by atoms with van der Waals surface area (Å²) in [5, 5.41) is 0.208. The summed E-state index contributed by atoms with van der Waals surface area (Å²) in [4.78, 5) is 15.3. The first kappa shape index (κ1) is 13.1. The van der Waals surface area contributed by atoms with Crippen molar-refractivity contribution in [3.63, 3.8) is 0 Å². The van der Waals surface area contributed by atoms with Crippen molar-refractivity contribution in [2.45, 2.75) is 38.2 Å². The number of aromatic nitrogens is 1. The molecule has 1 rings (SSSR count). The molecule has 0 aromatic carbocycles. The first-order chi connectivity index (χ1) is 7.52. The lowest BCUT2D eigenvalue weighted by molar-refractivity contribution is -0.140. The molecule has 0 radical (unpaired) electrons. The number of nitrogens with zero attached hydrogens (tertiary/aromatic N) is 1. The number of hydrogen-bond donors (Lipinski definition) is 0. The van der Waals surface area contributed by atoms with E-state index in [1.165, 1.54) is 7.11 Å². The summed E-state index contributed by atoms with van der Waals surface area (Å²) in [6.45, 7) is 5.81. The Hall–Kier alpha value is -0.970. The molecule has 1 atom stereocenters. The van der Waals surface area contributed by atoms with Crippen LogP contribution in [0.1, 0.15) is 30.7 Å². The van der Waals surface area contributed by atoms with E-state index < -0.39 is 0 Å². The van der Waals surface area contributed by atoms with Crippen molar-refractivity contribution < 1.29 is 13.9 Å². The number of hydrogen-bond acceptors (Lipinski definition) is 5. The summed E-state index contributed by atoms with van der Waals surface area (Å²) in [7, 11) is 1.40. The van der Waals surface area contributed by atoms with Gasteiger partial charge in [-0.3, -0.25) is 4.79 Å². The second kappa shape index (κ2) is 5.94. The van der Waals surface area contributed by atoms with E-state index in [-0.39, 0.29) is 11.2 Å². The van der Waals surface area contributed by atoms with Gasteiger partial charge in [-0.2, -0.15) is 0 Å². The zero-order valence-corrected chi connectivity index (χ0v) is 10.9. The smallest absolute Gasteiger partial charge is 0.306 e. The highest BCUT2D eigenvalue weighted by molar-refractivity contribution is 7.99. The molecule has 0 fully saturated rings. The highest BCUT2D eigenvalue weighted by Gasteiger charge is 2.12. The molecule has 1 unspecified atom stereocenters. The molecule has 1 heterocycles. The van der Waals surface area contributed by atoms with E-state index in [4.69, 9.17) is 4.42 Å². The first-order valence-electron chi connectivity index (χ1n) is 5.14. The molecule has 16 heavy (non-hydrogen) atoms. The lowest BCUT2D eigenvalue weighted by Crippen LogP contribution is -2.08. The van der Waals surface area contributed by atoms with Crippen LogP contribution in [0.15, 0.2) is 4.42 Å². The molecule has 0 saturated carbocycles. The summed E-state index contributed by atoms with van der Waals surface area (Å²) in [6.07, 6.45) is 0.417. The average molecular weight is 243 g/mol. The van der Waals surface area contributed by atoms with Gasteiger partial charge in [0.15, 0.2) is 0 Å². The Morgan fingerprint density at radius 1 is 1.56 bits per heavy atom. The van der Waals surface area contributed by atoms with Crippen molar-refractivity contribution in [1.29, 1.82) is 0 Å². The minimum Gasteiger partial charge on any atom is -0.469 e. The summed E-state index contributed by atoms with van der Waals surface area (Å²) < 4.78 is 10.1. The zero-order chi connectivity index (χ0) is 12.1. The van der Waals surface area contributed by atoms with Gasteiger partial charge in [-0.15, -0.1) is 11.8 Å². The van der Waals surface area contributed by atoms with E-state index in [2.05, 4.69) is 9.72 Å². The van der Waals surface area contributed by atoms with Crippen LogP contribution >= 0.6 is 11.8 Å². The SMILES string of the molecule is COC(=O)CC(C)SCc1nc(C)c(C)o1. The maximum atomic E-state index is 11.0. The van der Waals surface area contributed by atoms with Crippen molar-refractivity contribution in [2.24, 2.45) is 0 Å². The molecule has 0 aliphatic heterocycles. The third kappa shape index (κ3) is 3.89. The lowest BCUT2D eigenvalue weighted by Gasteiger charge is -2.07. The Morgan fingerprint density at radius 3 is 2.75 bits per heavy atom. The van der Waals surface area contributed by atoms with E-state index in [9.17, 15) is 4.79 Å². The van der Waals surface area contributed by atoms with Gasteiger partial charge in [0.2, 0.25) is 5.89 Å². The quantitative estimate of drug-likeness (QED) is 0.744. The van der Waals surface area contributed by atoms with Crippen LogP contribution in [0.4, 0.5) is 0 Å². The number of aryl methyl sites for hydroxylation is 2. The Balaban J connectivity index is 2.36. The van der Waals surface area contributed by atoms with Crippen molar-refractivity contribution in [2.75, 3.05) is 7.11 Å². The van der Waals surface area contributed by atoms with Gasteiger partial charge in [0.05, 0.1) is 25.0 Å². The summed E-state index contributed by atoms with van der Waals surface area (Å²) in [5.74, 6) is 2.08. The van der Waals surface area contributed by atoms with Gasteiger partial charge >= 0.3 is 5.97 Å². The second-order valence-corrected chi connectivity index (χ2v) is 5.08. The van der Waals surface area contributed by atoms with E-state index in [1.807, 2.05) is 20.8 Å². The molecule has 1 aromatic rings. The number of oxazole rings is 1. The number of carbonyl (C=O) groups is 1. The topological polar surface area (TPSA) is 52.3 Å². The average Bonchev–Trinajstić information content (AvgIpc) is 2.55. The molecular weight excluding hydrogens is 226 g/mol. The highest BCUT2D eigenvalue weighted by atomic mass is 32.2. The standard InChI is InChI=1S/C11H17NO3S/c1-7(5-11(13)14-4)16-6-10-12-8(2)9(3)15-10/h7H,5-6H2,1-4H3. The first-order valence-corrected chi connectivity index (χ1v) is 6.19. The van der Waals surface area contributed by atoms with Crippen LogP contribution in [0.3, 0.4) is 0 Å². The van der Waals surface area contributed by atoms with Crippen molar-refractivity contribution in [3.05, 3.63) is 17.3 Å². The zero-order valence-electron chi connectivity index (χ0n) is 10.1. The van der Waals surface area contributed by atoms with Gasteiger partial charge in [0.25, 0.3) is 0 Å². The molecule has 0 amide bonds. The fourth-order valence-electron chi connectivity index (χ4n) is 1.19. The Kier molecular flexibility index (Phi) is 4.86. The van der Waals surface area contributed by atoms with Crippen LogP contribution in [0.2, 0.25) is 0 Å². The molecule has 0 bridgehead atoms. The molecule has 0 spiro atoms. The highest BCUT2D eigenvalue weighted by Crippen LogP contribution is 2.21. The van der Waals surface area contributed by atoms with Crippen LogP contribution < -0.4 is 0 Å². The molecule has 5 heteroatoms. The summed E-state index contributed by atoms with van der Waals surface area (Å²) in [6, 6.07) is 0. The van der Waals surface area contributed by atoms with E-state index in [1.54, 1.807) is 11.8 Å². The van der Waals surface area contributed by atoms with Crippen molar-refractivity contribution >= 4 is 17.7 Å². The Bertz CT molecular complexity index is 343. The van der Waals surface area contributed by atoms with Gasteiger partial charge in [-0.05, 0) is 13.8 Å². The number of esters is 1. The maximum absolute atomic E-state index is 11.0. The molecule has 0 aliphatic rings. The van der Waals surface area contributed by atoms with Gasteiger partial charge in [0.1, 0.15) is 5.76 Å². The predicted octanol–water partition coefficient (Wildman–Crippen LogP) is 2.48. The number of methoxy groups -OCH3 is 1. The molecule has 90 valence electrons. The number of rotatable bonds is 5. The van der Waals surface area contributed by atoms with Gasteiger partial charge in [0, 0.05) is 5.25 Å². The fraction of sp³-hybridized carbons (Fsp3) is 0.636. The summed E-state index contributed by atoms with van der Waals surface area (Å²) in [5.41, 5.74) is 0.927. The van der Waals surface area contributed by atoms with Crippen LogP contribution in [0.25, 0.3) is 0 Å². The molecule has 0 saturated heterocycles. The number of ether oxygens (including phenoxy) is 1. The van der Waals surface area contributed by atoms with E-state index in [0.29, 0.717) is 12.2 Å². The predicted molar refractivity (Wildman–Crippen MR) is 63.4 cm³/mol. The Labute approximate surface area is 99.8 Å². The maximum Gasteiger partial charge on any atom is 0.306 e. The van der Waals surface area contributed by atoms with Crippen LogP contribution in [-0.2, 0) is 15.3 Å². The van der Waals surface area contributed by atoms with Gasteiger partial charge in [-0.25, -0.2) is 4.98 Å². The van der Waals surface area contributed by atoms with Gasteiger partial charge < -0.3 is 9.15 Å². The lowest BCUT2D eigenvalue weighted by atomic mass is 10.3. The normalized spacial score (nSPS) is 12.5. The number of carbonyl (C=O) groups excluding carboxylic acids is 1. The van der Waals surface area contributed by atoms with Crippen molar-refractivity contribution in [1.82, 2.24) is 4.98 Å². The van der Waals surface area contributed by atoms with Crippen LogP contribution in [0.5, 0.6) is 0 Å².